The largest absolute Gasteiger partial charge is 0.363 e. The van der Waals surface area contributed by atoms with Crippen molar-refractivity contribution >= 4 is 27.3 Å². The first-order chi connectivity index (χ1) is 9.13. The molecule has 1 aliphatic heterocycles. The van der Waals surface area contributed by atoms with Gasteiger partial charge in [0.2, 0.25) is 0 Å². The van der Waals surface area contributed by atoms with Crippen LogP contribution in [0.15, 0.2) is 41.4 Å². The molecule has 0 atom stereocenters. The first-order valence-electron chi connectivity index (χ1n) is 5.97. The molecule has 0 bridgehead atoms. The topological polar surface area (TPSA) is 53.2 Å². The third-order valence-electron chi connectivity index (χ3n) is 3.29. The lowest BCUT2D eigenvalue weighted by Gasteiger charge is -2.18. The number of aromatic nitrogens is 1. The Morgan fingerprint density at radius 3 is 2.84 bits per heavy atom. The molecule has 6 heteroatoms. The van der Waals surface area contributed by atoms with E-state index in [1.54, 1.807) is 6.07 Å². The Morgan fingerprint density at radius 1 is 1.32 bits per heavy atom. The molecule has 0 fully saturated rings. The number of rotatable bonds is 3. The van der Waals surface area contributed by atoms with Crippen molar-refractivity contribution in [3.05, 3.63) is 47.8 Å². The number of alkyl halides is 1. The number of benzene rings is 1. The molecule has 2 aromatic rings. The number of H-pyrrole nitrogens is 1. The van der Waals surface area contributed by atoms with Gasteiger partial charge in [-0.1, -0.05) is 18.2 Å². The van der Waals surface area contributed by atoms with Crippen LogP contribution in [0.25, 0.3) is 0 Å². The summed E-state index contributed by atoms with van der Waals surface area (Å²) in [5.74, 6) is 0.270. The zero-order valence-electron chi connectivity index (χ0n) is 10.1. The van der Waals surface area contributed by atoms with Gasteiger partial charge in [0, 0.05) is 18.4 Å². The molecule has 0 saturated heterocycles. The summed E-state index contributed by atoms with van der Waals surface area (Å²) in [5, 5.41) is 0. The van der Waals surface area contributed by atoms with E-state index in [1.165, 1.54) is 10.5 Å². The predicted molar refractivity (Wildman–Crippen MR) is 75.0 cm³/mol. The second-order valence-corrected chi connectivity index (χ2v) is 6.58. The standard InChI is InChI=1S/C13H13ClN2O2S/c14-8-11-7-12(9-15-11)19(17,18)16-6-5-10-3-1-2-4-13(10)16/h1-4,7,9,15H,5-6,8H2. The van der Waals surface area contributed by atoms with Crippen molar-refractivity contribution in [3.63, 3.8) is 0 Å². The lowest BCUT2D eigenvalue weighted by atomic mass is 10.2. The summed E-state index contributed by atoms with van der Waals surface area (Å²) in [4.78, 5) is 3.13. The molecule has 0 radical (unpaired) electrons. The lowest BCUT2D eigenvalue weighted by molar-refractivity contribution is 0.592. The van der Waals surface area contributed by atoms with Crippen LogP contribution in [0.5, 0.6) is 0 Å². The molecule has 1 N–H and O–H groups in total. The minimum absolute atomic E-state index is 0.264. The van der Waals surface area contributed by atoms with Gasteiger partial charge in [-0.05, 0) is 24.1 Å². The first kappa shape index (κ1) is 12.6. The molecule has 0 amide bonds. The van der Waals surface area contributed by atoms with Crippen molar-refractivity contribution in [2.24, 2.45) is 0 Å². The third kappa shape index (κ3) is 2.03. The number of halogens is 1. The molecule has 1 aliphatic rings. The average Bonchev–Trinajstić information content (AvgIpc) is 3.06. The van der Waals surface area contributed by atoms with Gasteiger partial charge < -0.3 is 4.98 Å². The van der Waals surface area contributed by atoms with E-state index in [9.17, 15) is 8.42 Å². The number of hydrogen-bond donors (Lipinski definition) is 1. The summed E-state index contributed by atoms with van der Waals surface area (Å²) in [6.07, 6.45) is 2.25. The van der Waals surface area contributed by atoms with Crippen LogP contribution in [-0.4, -0.2) is 19.9 Å². The van der Waals surface area contributed by atoms with Crippen LogP contribution in [0.3, 0.4) is 0 Å². The van der Waals surface area contributed by atoms with Crippen molar-refractivity contribution in [1.82, 2.24) is 4.98 Å². The fraction of sp³-hybridized carbons (Fsp3) is 0.231. The Hall–Kier alpha value is -1.46. The number of nitrogens with zero attached hydrogens (tertiary/aromatic N) is 1. The van der Waals surface area contributed by atoms with E-state index < -0.39 is 10.0 Å². The van der Waals surface area contributed by atoms with E-state index in [-0.39, 0.29) is 10.8 Å². The molecule has 19 heavy (non-hydrogen) atoms. The summed E-state index contributed by atoms with van der Waals surface area (Å²) in [7, 11) is -3.50. The van der Waals surface area contributed by atoms with Crippen molar-refractivity contribution in [1.29, 1.82) is 0 Å². The Balaban J connectivity index is 2.03. The quantitative estimate of drug-likeness (QED) is 0.885. The number of nitrogens with one attached hydrogen (secondary N) is 1. The number of fused-ring (bicyclic) bond motifs is 1. The zero-order valence-corrected chi connectivity index (χ0v) is 11.7. The highest BCUT2D eigenvalue weighted by atomic mass is 35.5. The highest BCUT2D eigenvalue weighted by Crippen LogP contribution is 2.32. The molecule has 4 nitrogen and oxygen atoms in total. The Bertz CT molecular complexity index is 709. The van der Waals surface area contributed by atoms with Gasteiger partial charge in [0.1, 0.15) is 4.90 Å². The average molecular weight is 297 g/mol. The Labute approximate surface area is 117 Å². The number of para-hydroxylation sites is 1. The van der Waals surface area contributed by atoms with E-state index in [1.807, 2.05) is 24.3 Å². The molecular weight excluding hydrogens is 284 g/mol. The lowest BCUT2D eigenvalue weighted by Crippen LogP contribution is -2.28. The number of aromatic amines is 1. The molecule has 100 valence electrons. The molecule has 1 aromatic heterocycles. The van der Waals surface area contributed by atoms with Gasteiger partial charge >= 0.3 is 0 Å². The van der Waals surface area contributed by atoms with E-state index in [0.29, 0.717) is 12.2 Å². The van der Waals surface area contributed by atoms with Crippen LogP contribution < -0.4 is 4.31 Å². The maximum Gasteiger partial charge on any atom is 0.265 e. The van der Waals surface area contributed by atoms with Crippen molar-refractivity contribution in [2.75, 3.05) is 10.8 Å². The first-order valence-corrected chi connectivity index (χ1v) is 7.94. The van der Waals surface area contributed by atoms with Crippen LogP contribution in [-0.2, 0) is 22.3 Å². The molecule has 0 unspecified atom stereocenters. The molecular formula is C13H13ClN2O2S. The summed E-state index contributed by atoms with van der Waals surface area (Å²) in [5.41, 5.74) is 2.54. The summed E-state index contributed by atoms with van der Waals surface area (Å²) >= 11 is 5.69. The van der Waals surface area contributed by atoms with Crippen LogP contribution in [0.2, 0.25) is 0 Å². The molecule has 0 saturated carbocycles. The SMILES string of the molecule is O=S(=O)(c1c[nH]c(CCl)c1)N1CCc2ccccc21. The smallest absolute Gasteiger partial charge is 0.265 e. The van der Waals surface area contributed by atoms with Gasteiger partial charge in [0.05, 0.1) is 11.6 Å². The second kappa shape index (κ2) is 4.58. The van der Waals surface area contributed by atoms with Gasteiger partial charge in [0.25, 0.3) is 10.0 Å². The van der Waals surface area contributed by atoms with E-state index in [2.05, 4.69) is 4.98 Å². The van der Waals surface area contributed by atoms with Gasteiger partial charge in [-0.25, -0.2) is 8.42 Å². The maximum absolute atomic E-state index is 12.6. The minimum Gasteiger partial charge on any atom is -0.363 e. The van der Waals surface area contributed by atoms with Crippen LogP contribution >= 0.6 is 11.6 Å². The molecule has 0 aliphatic carbocycles. The second-order valence-electron chi connectivity index (χ2n) is 4.45. The molecule has 0 spiro atoms. The maximum atomic E-state index is 12.6. The van der Waals surface area contributed by atoms with Crippen molar-refractivity contribution in [3.8, 4) is 0 Å². The van der Waals surface area contributed by atoms with Gasteiger partial charge in [0.15, 0.2) is 0 Å². The highest BCUT2D eigenvalue weighted by molar-refractivity contribution is 7.92. The summed E-state index contributed by atoms with van der Waals surface area (Å²) in [6.45, 7) is 0.489. The number of anilines is 1. The minimum atomic E-state index is -3.50. The fourth-order valence-electron chi connectivity index (χ4n) is 2.33. The van der Waals surface area contributed by atoms with Gasteiger partial charge in [-0.15, -0.1) is 11.6 Å². The predicted octanol–water partition coefficient (Wildman–Crippen LogP) is 2.50. The third-order valence-corrected chi connectivity index (χ3v) is 5.37. The van der Waals surface area contributed by atoms with E-state index >= 15 is 0 Å². The fourth-order valence-corrected chi connectivity index (χ4v) is 4.01. The summed E-state index contributed by atoms with van der Waals surface area (Å²) < 4.78 is 26.6. The Kier molecular flexibility index (Phi) is 3.03. The van der Waals surface area contributed by atoms with Gasteiger partial charge in [-0.3, -0.25) is 4.31 Å². The van der Waals surface area contributed by atoms with E-state index in [0.717, 1.165) is 17.7 Å². The molecule has 3 rings (SSSR count). The normalized spacial score (nSPS) is 14.7. The monoisotopic (exact) mass is 296 g/mol. The van der Waals surface area contributed by atoms with E-state index in [4.69, 9.17) is 11.6 Å². The van der Waals surface area contributed by atoms with Gasteiger partial charge in [-0.2, -0.15) is 0 Å². The number of sulfonamides is 1. The summed E-state index contributed by atoms with van der Waals surface area (Å²) in [6, 6.07) is 9.18. The van der Waals surface area contributed by atoms with Crippen LogP contribution in [0.4, 0.5) is 5.69 Å². The van der Waals surface area contributed by atoms with Crippen LogP contribution in [0.1, 0.15) is 11.3 Å². The van der Waals surface area contributed by atoms with Crippen LogP contribution in [0, 0.1) is 0 Å². The zero-order chi connectivity index (χ0) is 13.5. The van der Waals surface area contributed by atoms with Crippen molar-refractivity contribution in [2.45, 2.75) is 17.2 Å². The molecule has 2 heterocycles. The molecule has 1 aromatic carbocycles. The highest BCUT2D eigenvalue weighted by Gasteiger charge is 2.31. The Morgan fingerprint density at radius 2 is 2.11 bits per heavy atom. The number of hydrogen-bond acceptors (Lipinski definition) is 2. The van der Waals surface area contributed by atoms with Crippen molar-refractivity contribution < 1.29 is 8.42 Å².